The van der Waals surface area contributed by atoms with Gasteiger partial charge in [0, 0.05) is 25.6 Å². The Balaban J connectivity index is 1.93. The van der Waals surface area contributed by atoms with Crippen molar-refractivity contribution in [2.24, 2.45) is 0 Å². The Labute approximate surface area is 149 Å². The van der Waals surface area contributed by atoms with Crippen LogP contribution in [-0.4, -0.2) is 39.5 Å². The van der Waals surface area contributed by atoms with Crippen molar-refractivity contribution in [2.75, 3.05) is 32.1 Å². The molecule has 0 aliphatic carbocycles. The zero-order valence-electron chi connectivity index (χ0n) is 15.0. The summed E-state index contributed by atoms with van der Waals surface area (Å²) in [6, 6.07) is 11.3. The maximum Gasteiger partial charge on any atom is 0.272 e. The van der Waals surface area contributed by atoms with E-state index in [2.05, 4.69) is 10.3 Å². The molecule has 2 aromatic rings. The van der Waals surface area contributed by atoms with Gasteiger partial charge in [0.1, 0.15) is 16.8 Å². The first kappa shape index (κ1) is 19.2. The first-order valence-corrected chi connectivity index (χ1v) is 9.84. The fourth-order valence-electron chi connectivity index (χ4n) is 2.53. The van der Waals surface area contributed by atoms with E-state index in [0.29, 0.717) is 13.1 Å². The quantitative estimate of drug-likeness (QED) is 0.740. The van der Waals surface area contributed by atoms with Gasteiger partial charge in [0.25, 0.3) is 5.82 Å². The van der Waals surface area contributed by atoms with Crippen LogP contribution in [0.2, 0.25) is 0 Å². The third-order valence-electron chi connectivity index (χ3n) is 4.02. The Morgan fingerprint density at radius 1 is 1.08 bits per heavy atom. The SMILES string of the molecule is CCN(CC)S(=O)(=O)c1ccc(NCCc2ccc(OC)cc2)[nH+]c1. The monoisotopic (exact) mass is 364 g/mol. The summed E-state index contributed by atoms with van der Waals surface area (Å²) < 4.78 is 31.4. The molecule has 2 N–H and O–H groups in total. The zero-order valence-corrected chi connectivity index (χ0v) is 15.8. The van der Waals surface area contributed by atoms with Gasteiger partial charge < -0.3 is 4.74 Å². The average molecular weight is 364 g/mol. The number of benzene rings is 1. The first-order valence-electron chi connectivity index (χ1n) is 8.40. The lowest BCUT2D eigenvalue weighted by molar-refractivity contribution is -0.364. The topological polar surface area (TPSA) is 72.8 Å². The van der Waals surface area contributed by atoms with E-state index in [0.717, 1.165) is 24.5 Å². The maximum absolute atomic E-state index is 12.4. The number of methoxy groups -OCH3 is 1. The summed E-state index contributed by atoms with van der Waals surface area (Å²) in [6.07, 6.45) is 2.39. The van der Waals surface area contributed by atoms with Gasteiger partial charge in [-0.05, 0) is 23.8 Å². The number of pyridine rings is 1. The number of hydrogen-bond donors (Lipinski definition) is 1. The van der Waals surface area contributed by atoms with E-state index in [4.69, 9.17) is 4.74 Å². The fourth-order valence-corrected chi connectivity index (χ4v) is 3.95. The Bertz CT molecular complexity index is 755. The molecule has 0 spiro atoms. The minimum absolute atomic E-state index is 0.275. The van der Waals surface area contributed by atoms with Crippen molar-refractivity contribution in [3.63, 3.8) is 0 Å². The Morgan fingerprint density at radius 2 is 1.76 bits per heavy atom. The second-order valence-electron chi connectivity index (χ2n) is 5.55. The highest BCUT2D eigenvalue weighted by atomic mass is 32.2. The normalized spacial score (nSPS) is 11.5. The molecule has 0 atom stereocenters. The predicted molar refractivity (Wildman–Crippen MR) is 98.3 cm³/mol. The summed E-state index contributed by atoms with van der Waals surface area (Å²) in [5, 5.41) is 3.26. The van der Waals surface area contributed by atoms with Crippen LogP contribution in [0.1, 0.15) is 19.4 Å². The van der Waals surface area contributed by atoms with Crippen LogP contribution in [0.5, 0.6) is 5.75 Å². The molecule has 0 unspecified atom stereocenters. The molecule has 7 heteroatoms. The Kier molecular flexibility index (Phi) is 6.78. The van der Waals surface area contributed by atoms with Gasteiger partial charge in [0.05, 0.1) is 13.7 Å². The van der Waals surface area contributed by atoms with Crippen molar-refractivity contribution in [1.82, 2.24) is 4.31 Å². The molecule has 136 valence electrons. The molecule has 0 bridgehead atoms. The number of rotatable bonds is 9. The van der Waals surface area contributed by atoms with Crippen molar-refractivity contribution >= 4 is 15.8 Å². The Morgan fingerprint density at radius 3 is 2.28 bits per heavy atom. The molecule has 0 radical (unpaired) electrons. The molecular weight excluding hydrogens is 338 g/mol. The molecule has 25 heavy (non-hydrogen) atoms. The lowest BCUT2D eigenvalue weighted by Crippen LogP contribution is -2.31. The predicted octanol–water partition coefficient (Wildman–Crippen LogP) is 2.19. The summed E-state index contributed by atoms with van der Waals surface area (Å²) in [6.45, 7) is 5.33. The molecule has 1 aromatic heterocycles. The van der Waals surface area contributed by atoms with Crippen LogP contribution in [0.15, 0.2) is 47.5 Å². The van der Waals surface area contributed by atoms with E-state index in [1.165, 1.54) is 16.1 Å². The van der Waals surface area contributed by atoms with Crippen molar-refractivity contribution in [3.8, 4) is 5.75 Å². The summed E-state index contributed by atoms with van der Waals surface area (Å²) in [7, 11) is -1.78. The molecule has 0 fully saturated rings. The van der Waals surface area contributed by atoms with Crippen LogP contribution in [0, 0.1) is 0 Å². The smallest absolute Gasteiger partial charge is 0.272 e. The van der Waals surface area contributed by atoms with Gasteiger partial charge in [-0.3, -0.25) is 5.32 Å². The van der Waals surface area contributed by atoms with E-state index >= 15 is 0 Å². The van der Waals surface area contributed by atoms with E-state index in [9.17, 15) is 8.42 Å². The minimum Gasteiger partial charge on any atom is -0.497 e. The molecule has 0 saturated heterocycles. The largest absolute Gasteiger partial charge is 0.497 e. The summed E-state index contributed by atoms with van der Waals surface area (Å²) >= 11 is 0. The molecule has 0 aliphatic heterocycles. The highest BCUT2D eigenvalue weighted by Crippen LogP contribution is 2.15. The average Bonchev–Trinajstić information content (AvgIpc) is 2.63. The fraction of sp³-hybridized carbons (Fsp3) is 0.389. The van der Waals surface area contributed by atoms with E-state index in [1.54, 1.807) is 19.2 Å². The van der Waals surface area contributed by atoms with E-state index < -0.39 is 10.0 Å². The van der Waals surface area contributed by atoms with Crippen LogP contribution in [0.25, 0.3) is 0 Å². The number of aromatic nitrogens is 1. The van der Waals surface area contributed by atoms with Gasteiger partial charge >= 0.3 is 0 Å². The minimum atomic E-state index is -3.43. The number of sulfonamides is 1. The van der Waals surface area contributed by atoms with Crippen LogP contribution in [0.3, 0.4) is 0 Å². The van der Waals surface area contributed by atoms with Gasteiger partial charge in [-0.25, -0.2) is 13.4 Å². The van der Waals surface area contributed by atoms with Gasteiger partial charge in [-0.1, -0.05) is 26.0 Å². The highest BCUT2D eigenvalue weighted by molar-refractivity contribution is 7.89. The number of aromatic amines is 1. The molecule has 1 heterocycles. The number of nitrogens with zero attached hydrogens (tertiary/aromatic N) is 1. The lowest BCUT2D eigenvalue weighted by atomic mass is 10.1. The zero-order chi connectivity index (χ0) is 18.3. The molecule has 0 aliphatic rings. The van der Waals surface area contributed by atoms with Crippen LogP contribution >= 0.6 is 0 Å². The second kappa shape index (κ2) is 8.82. The third-order valence-corrected chi connectivity index (χ3v) is 6.06. The van der Waals surface area contributed by atoms with Gasteiger partial charge in [0.2, 0.25) is 10.0 Å². The summed E-state index contributed by atoms with van der Waals surface area (Å²) in [4.78, 5) is 3.29. The maximum atomic E-state index is 12.4. The molecule has 0 saturated carbocycles. The highest BCUT2D eigenvalue weighted by Gasteiger charge is 2.22. The summed E-state index contributed by atoms with van der Waals surface area (Å²) in [5.74, 6) is 1.63. The van der Waals surface area contributed by atoms with Crippen molar-refractivity contribution in [3.05, 3.63) is 48.2 Å². The molecule has 2 rings (SSSR count). The molecule has 6 nitrogen and oxygen atoms in total. The van der Waals surface area contributed by atoms with Gasteiger partial charge in [-0.2, -0.15) is 4.31 Å². The standard InChI is InChI=1S/C18H25N3O3S/c1-4-21(5-2)25(22,23)17-10-11-18(20-14-17)19-13-12-15-6-8-16(24-3)9-7-15/h6-11,14H,4-5,12-13H2,1-3H3,(H,19,20)/p+1. The number of nitrogens with one attached hydrogen (secondary N) is 2. The second-order valence-corrected chi connectivity index (χ2v) is 7.49. The number of hydrogen-bond acceptors (Lipinski definition) is 4. The van der Waals surface area contributed by atoms with Crippen molar-refractivity contribution in [1.29, 1.82) is 0 Å². The van der Waals surface area contributed by atoms with Crippen LogP contribution in [0.4, 0.5) is 5.82 Å². The third kappa shape index (κ3) is 4.93. The van der Waals surface area contributed by atoms with Crippen LogP contribution in [-0.2, 0) is 16.4 Å². The Hall–Kier alpha value is -2.12. The number of anilines is 1. The van der Waals surface area contributed by atoms with E-state index in [-0.39, 0.29) is 4.90 Å². The molecule has 0 amide bonds. The number of ether oxygens (including phenoxy) is 1. The molecule has 1 aromatic carbocycles. The van der Waals surface area contributed by atoms with E-state index in [1.807, 2.05) is 38.1 Å². The first-order chi connectivity index (χ1) is 12.0. The number of H-pyrrole nitrogens is 1. The molecular formula is C18H26N3O3S+. The van der Waals surface area contributed by atoms with Gasteiger partial charge in [-0.15, -0.1) is 0 Å². The van der Waals surface area contributed by atoms with Gasteiger partial charge in [0.15, 0.2) is 0 Å². The van der Waals surface area contributed by atoms with Crippen molar-refractivity contribution in [2.45, 2.75) is 25.2 Å². The summed E-state index contributed by atoms with van der Waals surface area (Å²) in [5.41, 5.74) is 1.20. The van der Waals surface area contributed by atoms with Crippen molar-refractivity contribution < 1.29 is 18.1 Å². The van der Waals surface area contributed by atoms with Crippen LogP contribution < -0.4 is 15.0 Å². The lowest BCUT2D eigenvalue weighted by Gasteiger charge is -2.17.